The number of phenolic OH excluding ortho intramolecular Hbond substituents is 1. The summed E-state index contributed by atoms with van der Waals surface area (Å²) in [5.74, 6) is -2.72. The van der Waals surface area contributed by atoms with E-state index in [4.69, 9.17) is 9.47 Å². The van der Waals surface area contributed by atoms with E-state index in [0.717, 1.165) is 38.9 Å². The van der Waals surface area contributed by atoms with Crippen molar-refractivity contribution in [2.75, 3.05) is 60.6 Å². The van der Waals surface area contributed by atoms with E-state index in [1.807, 2.05) is 29.3 Å². The van der Waals surface area contributed by atoms with Crippen LogP contribution in [0.4, 0.5) is 0 Å². The van der Waals surface area contributed by atoms with Crippen LogP contribution in [0.1, 0.15) is 64.2 Å². The van der Waals surface area contributed by atoms with Crippen LogP contribution in [0.5, 0.6) is 5.75 Å². The Morgan fingerprint density at radius 2 is 1.87 bits per heavy atom. The molecule has 0 saturated carbocycles. The van der Waals surface area contributed by atoms with E-state index in [2.05, 4.69) is 53.2 Å². The van der Waals surface area contributed by atoms with Gasteiger partial charge in [0.25, 0.3) is 5.91 Å². The summed E-state index contributed by atoms with van der Waals surface area (Å²) in [6, 6.07) is 9.86. The van der Waals surface area contributed by atoms with Crippen molar-refractivity contribution >= 4 is 40.5 Å². The first-order valence-electron chi connectivity index (χ1n) is 23.3. The zero-order chi connectivity index (χ0) is 48.3. The molecule has 17 heteroatoms. The number of cyclic esters (lactones) is 1. The van der Waals surface area contributed by atoms with Crippen molar-refractivity contribution in [2.24, 2.45) is 11.3 Å². The topological polar surface area (TPSA) is 199 Å². The number of aliphatic hydroxyl groups excluding tert-OH is 1. The maximum Gasteiger partial charge on any atom is 0.324 e. The van der Waals surface area contributed by atoms with Crippen LogP contribution in [0.15, 0.2) is 54.9 Å². The van der Waals surface area contributed by atoms with Crippen LogP contribution in [-0.2, 0) is 59.4 Å². The fraction of sp³-hybridized carbons (Fsp3) is 0.520. The van der Waals surface area contributed by atoms with Gasteiger partial charge in [-0.25, -0.2) is 5.43 Å². The van der Waals surface area contributed by atoms with Gasteiger partial charge in [0, 0.05) is 88.1 Å². The zero-order valence-electron chi connectivity index (χ0n) is 40.0. The van der Waals surface area contributed by atoms with Gasteiger partial charge in [0.2, 0.25) is 17.7 Å². The minimum atomic E-state index is -1.19. The number of aromatic nitrogens is 2. The van der Waals surface area contributed by atoms with E-state index < -0.39 is 59.2 Å². The predicted molar refractivity (Wildman–Crippen MR) is 252 cm³/mol. The van der Waals surface area contributed by atoms with E-state index >= 15 is 0 Å². The highest BCUT2D eigenvalue weighted by molar-refractivity contribution is 5.96. The molecule has 6 bridgehead atoms. The van der Waals surface area contributed by atoms with Crippen LogP contribution in [-0.4, -0.2) is 154 Å². The standard InChI is InChI=1S/C50H66N8O9/c1-9-57-41-13-12-32-23-36(41)37(45(57)38-25-51-15-14-33(38)28-66-8)24-50(4,5)29-67-49(65)39-11-10-16-58(53-39)47(63)40(21-31-19-34(32)22-35(60)20-31)52-46(62)44(30(2)3)55(7)43(61)27-54(6)48(64)42-26-56(42)17-18-59/h12-15,19-20,22-23,25,30,39-40,42,44,53,59-60H,9-11,16-18,21,24,26-29H2,1-8H3,(H,52,62)/t39-,40-,42-,44-,56?/m0/s1. The summed E-state index contributed by atoms with van der Waals surface area (Å²) in [4.78, 5) is 78.8. The Hall–Kier alpha value is -5.88. The Bertz CT molecular complexity index is 2500. The largest absolute Gasteiger partial charge is 0.508 e. The number of carbonyl (C=O) groups is 5. The van der Waals surface area contributed by atoms with Gasteiger partial charge in [-0.1, -0.05) is 39.8 Å². The van der Waals surface area contributed by atoms with Crippen molar-refractivity contribution in [2.45, 2.75) is 97.6 Å². The van der Waals surface area contributed by atoms with Crippen molar-refractivity contribution in [3.05, 3.63) is 71.5 Å². The van der Waals surface area contributed by atoms with Gasteiger partial charge in [-0.15, -0.1) is 0 Å². The van der Waals surface area contributed by atoms with Crippen molar-refractivity contribution < 1.29 is 43.7 Å². The highest BCUT2D eigenvalue weighted by Gasteiger charge is 2.43. The second kappa shape index (κ2) is 20.6. The number of likely N-dealkylation sites (N-methyl/N-ethyl adjacent to an activating group) is 2. The Kier molecular flexibility index (Phi) is 15.0. The molecule has 4 amide bonds. The molecule has 2 fully saturated rings. The number of β-amino-alcohol motifs (C(OH)–C–C–N with tert-alkyl or cyclic N) is 1. The maximum absolute atomic E-state index is 14.7. The molecule has 360 valence electrons. The molecule has 7 rings (SSSR count). The van der Waals surface area contributed by atoms with Crippen LogP contribution < -0.4 is 10.7 Å². The summed E-state index contributed by atoms with van der Waals surface area (Å²) in [6.45, 7) is 11.7. The Balaban J connectivity index is 1.27. The summed E-state index contributed by atoms with van der Waals surface area (Å²) in [5.41, 5.74) is 9.61. The van der Waals surface area contributed by atoms with E-state index in [0.29, 0.717) is 56.6 Å². The number of phenols is 1. The lowest BCUT2D eigenvalue weighted by Gasteiger charge is -2.37. The molecule has 17 nitrogen and oxygen atoms in total. The normalized spacial score (nSPS) is 21.1. The van der Waals surface area contributed by atoms with Crippen LogP contribution in [0.25, 0.3) is 33.3 Å². The van der Waals surface area contributed by atoms with Crippen molar-refractivity contribution in [1.29, 1.82) is 0 Å². The monoisotopic (exact) mass is 922 g/mol. The molecule has 2 aromatic heterocycles. The van der Waals surface area contributed by atoms with Gasteiger partial charge in [0.1, 0.15) is 29.9 Å². The molecule has 2 aromatic carbocycles. The van der Waals surface area contributed by atoms with Crippen molar-refractivity contribution in [3.8, 4) is 28.1 Å². The van der Waals surface area contributed by atoms with Crippen LogP contribution in [0.2, 0.25) is 0 Å². The number of nitrogens with zero attached hydrogens (tertiary/aromatic N) is 6. The number of hydrogen-bond acceptors (Lipinski definition) is 12. The van der Waals surface area contributed by atoms with E-state index in [1.165, 1.54) is 28.9 Å². The number of aryl methyl sites for hydroxylation is 1. The quantitative estimate of drug-likeness (QED) is 0.113. The number of aromatic hydroxyl groups is 1. The number of fused-ring (bicyclic) bond motifs is 6. The number of nitrogens with one attached hydrogen (secondary N) is 2. The number of methoxy groups -OCH3 is 1. The fourth-order valence-corrected chi connectivity index (χ4v) is 9.70. The number of carbonyl (C=O) groups excluding carboxylic acids is 5. The van der Waals surface area contributed by atoms with Crippen molar-refractivity contribution in [3.63, 3.8) is 0 Å². The molecule has 0 radical (unpaired) electrons. The van der Waals surface area contributed by atoms with Crippen LogP contribution in [0, 0.1) is 11.3 Å². The second-order valence-corrected chi connectivity index (χ2v) is 19.3. The van der Waals surface area contributed by atoms with Crippen molar-refractivity contribution in [1.82, 2.24) is 40.0 Å². The molecular weight excluding hydrogens is 857 g/mol. The SMILES string of the molecule is CCn1c(-c2cnccc2COC)c2c3cc(ccc31)-c1cc(O)cc(c1)C[C@H](NC(=O)[C@H](C(C)C)N(C)C(=O)CN(C)C(=O)[C@@H]1CN1CCO)C(=O)N1CCC[C@H](N1)C(=O)OCC(C)(C)C2. The first-order chi connectivity index (χ1) is 31.9. The van der Waals surface area contributed by atoms with Gasteiger partial charge in [0.05, 0.1) is 32.1 Å². The molecule has 5 heterocycles. The molecule has 4 N–H and O–H groups in total. The molecule has 67 heavy (non-hydrogen) atoms. The van der Waals surface area contributed by atoms with E-state index in [-0.39, 0.29) is 44.4 Å². The molecular formula is C50H66N8O9. The lowest BCUT2D eigenvalue weighted by atomic mass is 9.84. The Labute approximate surface area is 392 Å². The summed E-state index contributed by atoms with van der Waals surface area (Å²) >= 11 is 0. The van der Waals surface area contributed by atoms with Gasteiger partial charge >= 0.3 is 5.97 Å². The second-order valence-electron chi connectivity index (χ2n) is 19.3. The van der Waals surface area contributed by atoms with E-state index in [1.54, 1.807) is 39.3 Å². The number of amides is 4. The number of benzene rings is 2. The average molecular weight is 923 g/mol. The molecule has 3 aliphatic heterocycles. The highest BCUT2D eigenvalue weighted by Crippen LogP contribution is 2.41. The van der Waals surface area contributed by atoms with Gasteiger partial charge in [-0.2, -0.15) is 0 Å². The molecule has 5 atom stereocenters. The average Bonchev–Trinajstić information content (AvgIpc) is 4.00. The molecule has 1 unspecified atom stereocenters. The fourth-order valence-electron chi connectivity index (χ4n) is 9.70. The minimum Gasteiger partial charge on any atom is -0.508 e. The third-order valence-electron chi connectivity index (χ3n) is 13.2. The molecule has 2 saturated heterocycles. The lowest BCUT2D eigenvalue weighted by molar-refractivity contribution is -0.155. The number of ether oxygens (including phenoxy) is 2. The molecule has 3 aliphatic rings. The molecule has 4 aromatic rings. The first kappa shape index (κ1) is 49.0. The highest BCUT2D eigenvalue weighted by atomic mass is 16.5. The van der Waals surface area contributed by atoms with E-state index in [9.17, 15) is 34.2 Å². The number of aliphatic hydroxyl groups is 1. The summed E-state index contributed by atoms with van der Waals surface area (Å²) < 4.78 is 14.0. The number of hydrazine groups is 1. The lowest BCUT2D eigenvalue weighted by Crippen LogP contribution is -2.62. The zero-order valence-corrected chi connectivity index (χ0v) is 40.0. The van der Waals surface area contributed by atoms with Gasteiger partial charge < -0.3 is 39.4 Å². The summed E-state index contributed by atoms with van der Waals surface area (Å²) in [7, 11) is 4.71. The minimum absolute atomic E-state index is 0.0269. The predicted octanol–water partition coefficient (Wildman–Crippen LogP) is 3.51. The Morgan fingerprint density at radius 3 is 2.58 bits per heavy atom. The maximum atomic E-state index is 14.7. The first-order valence-corrected chi connectivity index (χ1v) is 23.3. The number of rotatable bonds is 13. The summed E-state index contributed by atoms with van der Waals surface area (Å²) in [6.07, 6.45) is 5.05. The third-order valence-corrected chi connectivity index (χ3v) is 13.2. The summed E-state index contributed by atoms with van der Waals surface area (Å²) in [5, 5.41) is 25.9. The molecule has 0 aliphatic carbocycles. The van der Waals surface area contributed by atoms with Crippen LogP contribution >= 0.6 is 0 Å². The third kappa shape index (κ3) is 10.8. The smallest absolute Gasteiger partial charge is 0.324 e. The number of pyridine rings is 1. The van der Waals surface area contributed by atoms with Gasteiger partial charge in [0.15, 0.2) is 0 Å². The van der Waals surface area contributed by atoms with Gasteiger partial charge in [-0.05, 0) is 90.3 Å². The number of esters is 1. The molecule has 0 spiro atoms. The Morgan fingerprint density at radius 1 is 1.09 bits per heavy atom. The van der Waals surface area contributed by atoms with Gasteiger partial charge in [-0.3, -0.25) is 38.9 Å². The van der Waals surface area contributed by atoms with Crippen LogP contribution in [0.3, 0.4) is 0 Å². The number of hydrogen-bond donors (Lipinski definition) is 4.